The number of carbonyl (C=O) groups is 2. The quantitative estimate of drug-likeness (QED) is 0.247. The maximum absolute atomic E-state index is 12.7. The van der Waals surface area contributed by atoms with Crippen LogP contribution in [0.2, 0.25) is 0 Å². The van der Waals surface area contributed by atoms with Crippen molar-refractivity contribution >= 4 is 33.8 Å². The van der Waals surface area contributed by atoms with Gasteiger partial charge in [-0.1, -0.05) is 36.4 Å². The first-order chi connectivity index (χ1) is 16.8. The largest absolute Gasteiger partial charge is 0.479 e. The van der Waals surface area contributed by atoms with Crippen LogP contribution in [0.15, 0.2) is 71.1 Å². The highest BCUT2D eigenvalue weighted by molar-refractivity contribution is 7.16. The molecule has 35 heavy (non-hydrogen) atoms. The van der Waals surface area contributed by atoms with E-state index < -0.39 is 16.7 Å². The fourth-order valence-electron chi connectivity index (χ4n) is 3.39. The number of aryl methyl sites for hydroxylation is 1. The minimum absolute atomic E-state index is 0.00423. The Balaban J connectivity index is 1.45. The molecule has 2 amide bonds. The fraction of sp³-hybridized carbons (Fsp3) is 0.120. The van der Waals surface area contributed by atoms with Crippen LogP contribution in [0.5, 0.6) is 5.75 Å². The Labute approximate surface area is 204 Å². The SMILES string of the molecule is Cc1ccc(OCc2ccc(C(=O)Nc3sc(Cc4ccccc4)cc3C(N)=O)o2)c([N+](=O)[O-])c1. The summed E-state index contributed by atoms with van der Waals surface area (Å²) in [5, 5.41) is 14.3. The normalized spacial score (nSPS) is 10.7. The minimum atomic E-state index is -0.649. The van der Waals surface area contributed by atoms with Crippen molar-refractivity contribution < 1.29 is 23.7 Å². The standard InChI is InChI=1S/C25H21N3O6S/c1-15-7-9-21(20(11-15)28(31)32)33-14-17-8-10-22(34-17)24(30)27-25-19(23(26)29)13-18(35-25)12-16-5-3-2-4-6-16/h2-11,13H,12,14H2,1H3,(H2,26,29)(H,27,30). The molecule has 2 aromatic carbocycles. The smallest absolute Gasteiger partial charge is 0.311 e. The molecule has 2 aromatic heterocycles. The van der Waals surface area contributed by atoms with Crippen LogP contribution < -0.4 is 15.8 Å². The third-order valence-corrected chi connectivity index (χ3v) is 6.11. The molecule has 10 heteroatoms. The van der Waals surface area contributed by atoms with Crippen molar-refractivity contribution in [2.24, 2.45) is 5.73 Å². The third kappa shape index (κ3) is 5.74. The van der Waals surface area contributed by atoms with E-state index in [0.29, 0.717) is 17.2 Å². The van der Waals surface area contributed by atoms with E-state index >= 15 is 0 Å². The lowest BCUT2D eigenvalue weighted by atomic mass is 10.1. The van der Waals surface area contributed by atoms with Crippen molar-refractivity contribution in [2.75, 3.05) is 5.32 Å². The molecule has 0 aliphatic carbocycles. The number of nitro groups is 1. The van der Waals surface area contributed by atoms with Gasteiger partial charge in [-0.2, -0.15) is 0 Å². The summed E-state index contributed by atoms with van der Waals surface area (Å²) < 4.78 is 11.1. The van der Waals surface area contributed by atoms with Crippen LogP contribution in [-0.2, 0) is 13.0 Å². The van der Waals surface area contributed by atoms with Crippen molar-refractivity contribution in [3.05, 3.63) is 110 Å². The van der Waals surface area contributed by atoms with Gasteiger partial charge in [0.1, 0.15) is 17.4 Å². The Morgan fingerprint density at radius 2 is 1.89 bits per heavy atom. The Kier molecular flexibility index (Phi) is 6.93. The molecule has 3 N–H and O–H groups in total. The summed E-state index contributed by atoms with van der Waals surface area (Å²) >= 11 is 1.26. The van der Waals surface area contributed by atoms with Crippen LogP contribution in [0.3, 0.4) is 0 Å². The monoisotopic (exact) mass is 491 g/mol. The van der Waals surface area contributed by atoms with Gasteiger partial charge in [0.15, 0.2) is 11.5 Å². The van der Waals surface area contributed by atoms with E-state index in [1.165, 1.54) is 29.5 Å². The molecule has 9 nitrogen and oxygen atoms in total. The molecule has 0 bridgehead atoms. The number of furan rings is 1. The first-order valence-corrected chi connectivity index (χ1v) is 11.4. The average Bonchev–Trinajstić information content (AvgIpc) is 3.46. The summed E-state index contributed by atoms with van der Waals surface area (Å²) in [5.74, 6) is -0.817. The second-order valence-electron chi connectivity index (χ2n) is 7.72. The van der Waals surface area contributed by atoms with Crippen molar-refractivity contribution in [2.45, 2.75) is 20.0 Å². The van der Waals surface area contributed by atoms with Gasteiger partial charge >= 0.3 is 5.69 Å². The molecule has 0 saturated heterocycles. The molecule has 0 radical (unpaired) electrons. The average molecular weight is 492 g/mol. The predicted molar refractivity (Wildman–Crippen MR) is 131 cm³/mol. The molecule has 4 aromatic rings. The summed E-state index contributed by atoms with van der Waals surface area (Å²) in [4.78, 5) is 36.3. The first-order valence-electron chi connectivity index (χ1n) is 10.5. The van der Waals surface area contributed by atoms with Crippen LogP contribution in [0.25, 0.3) is 0 Å². The zero-order valence-corrected chi connectivity index (χ0v) is 19.5. The van der Waals surface area contributed by atoms with Crippen molar-refractivity contribution in [3.8, 4) is 5.75 Å². The van der Waals surface area contributed by atoms with E-state index in [9.17, 15) is 19.7 Å². The number of primary amides is 1. The number of nitrogens with two attached hydrogens (primary N) is 1. The molecule has 4 rings (SSSR count). The summed E-state index contributed by atoms with van der Waals surface area (Å²) in [5.41, 5.74) is 7.36. The molecule has 0 atom stereocenters. The number of nitrogens with one attached hydrogen (secondary N) is 1. The van der Waals surface area contributed by atoms with E-state index in [1.54, 1.807) is 25.1 Å². The summed E-state index contributed by atoms with van der Waals surface area (Å²) in [6.07, 6.45) is 0.592. The molecule has 0 unspecified atom stereocenters. The second kappa shape index (κ2) is 10.2. The number of rotatable bonds is 9. The van der Waals surface area contributed by atoms with Gasteiger partial charge in [0.05, 0.1) is 10.5 Å². The molecular formula is C25H21N3O6S. The number of benzene rings is 2. The van der Waals surface area contributed by atoms with Gasteiger partial charge in [0.25, 0.3) is 11.8 Å². The number of anilines is 1. The molecule has 0 fully saturated rings. The Hall–Kier alpha value is -4.44. The summed E-state index contributed by atoms with van der Waals surface area (Å²) in [6.45, 7) is 1.64. The molecule has 0 aliphatic rings. The number of hydrogen-bond donors (Lipinski definition) is 2. The highest BCUT2D eigenvalue weighted by atomic mass is 32.1. The Morgan fingerprint density at radius 1 is 1.11 bits per heavy atom. The van der Waals surface area contributed by atoms with Gasteiger partial charge in [-0.3, -0.25) is 19.7 Å². The maximum Gasteiger partial charge on any atom is 0.311 e. The highest BCUT2D eigenvalue weighted by Crippen LogP contribution is 2.31. The van der Waals surface area contributed by atoms with Gasteiger partial charge in [0, 0.05) is 17.4 Å². The lowest BCUT2D eigenvalue weighted by molar-refractivity contribution is -0.386. The Bertz CT molecular complexity index is 1390. The molecule has 0 spiro atoms. The predicted octanol–water partition coefficient (Wildman–Crippen LogP) is 5.08. The van der Waals surface area contributed by atoms with Gasteiger partial charge in [-0.05, 0) is 42.3 Å². The van der Waals surface area contributed by atoms with Crippen LogP contribution in [-0.4, -0.2) is 16.7 Å². The van der Waals surface area contributed by atoms with Gasteiger partial charge in [0.2, 0.25) is 0 Å². The van der Waals surface area contributed by atoms with Crippen LogP contribution in [0.1, 0.15) is 42.7 Å². The zero-order valence-electron chi connectivity index (χ0n) is 18.6. The number of carbonyl (C=O) groups excluding carboxylic acids is 2. The van der Waals surface area contributed by atoms with E-state index in [-0.39, 0.29) is 29.4 Å². The third-order valence-electron chi connectivity index (χ3n) is 5.06. The minimum Gasteiger partial charge on any atom is -0.479 e. The highest BCUT2D eigenvalue weighted by Gasteiger charge is 2.20. The summed E-state index contributed by atoms with van der Waals surface area (Å²) in [7, 11) is 0. The fourth-order valence-corrected chi connectivity index (χ4v) is 4.48. The van der Waals surface area contributed by atoms with Gasteiger partial charge in [-0.15, -0.1) is 11.3 Å². The van der Waals surface area contributed by atoms with Gasteiger partial charge in [-0.25, -0.2) is 0 Å². The van der Waals surface area contributed by atoms with E-state index in [4.69, 9.17) is 14.9 Å². The number of ether oxygens (including phenoxy) is 1. The molecule has 0 aliphatic heterocycles. The van der Waals surface area contributed by atoms with E-state index in [0.717, 1.165) is 16.0 Å². The second-order valence-corrected chi connectivity index (χ2v) is 8.86. The molecule has 0 saturated carbocycles. The Morgan fingerprint density at radius 3 is 2.60 bits per heavy atom. The lowest BCUT2D eigenvalue weighted by Crippen LogP contribution is -2.16. The molecule has 2 heterocycles. The first kappa shape index (κ1) is 23.7. The zero-order chi connectivity index (χ0) is 24.9. The molecule has 178 valence electrons. The van der Waals surface area contributed by atoms with Crippen LogP contribution >= 0.6 is 11.3 Å². The van der Waals surface area contributed by atoms with Gasteiger partial charge < -0.3 is 20.2 Å². The molecular weight excluding hydrogens is 470 g/mol. The van der Waals surface area contributed by atoms with E-state index in [2.05, 4.69) is 5.32 Å². The topological polar surface area (TPSA) is 138 Å². The number of nitro benzene ring substituents is 1. The van der Waals surface area contributed by atoms with E-state index in [1.807, 2.05) is 30.3 Å². The number of nitrogens with zero attached hydrogens (tertiary/aromatic N) is 1. The number of amides is 2. The van der Waals surface area contributed by atoms with Crippen molar-refractivity contribution in [1.82, 2.24) is 0 Å². The van der Waals surface area contributed by atoms with Crippen molar-refractivity contribution in [1.29, 1.82) is 0 Å². The number of hydrogen-bond acceptors (Lipinski definition) is 7. The van der Waals surface area contributed by atoms with Crippen LogP contribution in [0.4, 0.5) is 10.7 Å². The van der Waals surface area contributed by atoms with Crippen molar-refractivity contribution in [3.63, 3.8) is 0 Å². The number of thiophene rings is 1. The van der Waals surface area contributed by atoms with Crippen LogP contribution in [0, 0.1) is 17.0 Å². The summed E-state index contributed by atoms with van der Waals surface area (Å²) in [6, 6.07) is 19.0. The maximum atomic E-state index is 12.7. The lowest BCUT2D eigenvalue weighted by Gasteiger charge is -2.06.